The monoisotopic (exact) mass is 400 g/mol. The SMILES string of the molecule is CCc1ccc(OCCn2c(C(CC)Oc3ccccc3)nc3ccccc32)cc1. The first-order valence-corrected chi connectivity index (χ1v) is 10.7. The number of aryl methyl sites for hydroxylation is 1. The van der Waals surface area contributed by atoms with Gasteiger partial charge < -0.3 is 14.0 Å². The molecule has 1 heterocycles. The molecule has 0 N–H and O–H groups in total. The predicted molar refractivity (Wildman–Crippen MR) is 121 cm³/mol. The molecular weight excluding hydrogens is 372 g/mol. The molecule has 154 valence electrons. The van der Waals surface area contributed by atoms with E-state index in [1.165, 1.54) is 5.56 Å². The molecule has 1 unspecified atom stereocenters. The van der Waals surface area contributed by atoms with Crippen LogP contribution in [0.3, 0.4) is 0 Å². The topological polar surface area (TPSA) is 36.3 Å². The molecule has 0 bridgehead atoms. The first-order chi connectivity index (χ1) is 14.8. The minimum atomic E-state index is -0.122. The van der Waals surface area contributed by atoms with Gasteiger partial charge in [-0.3, -0.25) is 0 Å². The number of fused-ring (bicyclic) bond motifs is 1. The minimum Gasteiger partial charge on any atom is -0.492 e. The van der Waals surface area contributed by atoms with E-state index in [2.05, 4.69) is 42.7 Å². The van der Waals surface area contributed by atoms with E-state index in [4.69, 9.17) is 14.5 Å². The summed E-state index contributed by atoms with van der Waals surface area (Å²) in [6, 6.07) is 26.5. The van der Waals surface area contributed by atoms with E-state index in [1.54, 1.807) is 0 Å². The molecule has 0 saturated carbocycles. The first-order valence-electron chi connectivity index (χ1n) is 10.7. The fraction of sp³-hybridized carbons (Fsp3) is 0.269. The summed E-state index contributed by atoms with van der Waals surface area (Å²) >= 11 is 0. The number of nitrogens with zero attached hydrogens (tertiary/aromatic N) is 2. The van der Waals surface area contributed by atoms with Gasteiger partial charge in [0.1, 0.15) is 18.1 Å². The highest BCUT2D eigenvalue weighted by molar-refractivity contribution is 5.76. The molecular formula is C26H28N2O2. The molecule has 1 atom stereocenters. The number of ether oxygens (including phenoxy) is 2. The Labute approximate surface area is 178 Å². The molecule has 0 aliphatic rings. The maximum Gasteiger partial charge on any atom is 0.156 e. The van der Waals surface area contributed by atoms with Crippen molar-refractivity contribution < 1.29 is 9.47 Å². The quantitative estimate of drug-likeness (QED) is 0.335. The van der Waals surface area contributed by atoms with Crippen molar-refractivity contribution in [2.45, 2.75) is 39.3 Å². The van der Waals surface area contributed by atoms with E-state index in [1.807, 2.05) is 54.6 Å². The van der Waals surface area contributed by atoms with E-state index in [9.17, 15) is 0 Å². The summed E-state index contributed by atoms with van der Waals surface area (Å²) in [6.07, 6.45) is 1.74. The molecule has 4 rings (SSSR count). The fourth-order valence-electron chi connectivity index (χ4n) is 3.63. The van der Waals surface area contributed by atoms with E-state index < -0.39 is 0 Å². The van der Waals surface area contributed by atoms with Crippen molar-refractivity contribution in [2.24, 2.45) is 0 Å². The highest BCUT2D eigenvalue weighted by Crippen LogP contribution is 2.27. The Morgan fingerprint density at radius 3 is 2.30 bits per heavy atom. The number of hydrogen-bond acceptors (Lipinski definition) is 3. The van der Waals surface area contributed by atoms with E-state index >= 15 is 0 Å². The van der Waals surface area contributed by atoms with Gasteiger partial charge in [0, 0.05) is 0 Å². The van der Waals surface area contributed by atoms with Crippen LogP contribution >= 0.6 is 0 Å². The summed E-state index contributed by atoms with van der Waals surface area (Å²) in [5, 5.41) is 0. The Hall–Kier alpha value is -3.27. The lowest BCUT2D eigenvalue weighted by atomic mass is 10.2. The Bertz CT molecular complexity index is 1070. The van der Waals surface area contributed by atoms with E-state index in [0.717, 1.165) is 41.2 Å². The van der Waals surface area contributed by atoms with Gasteiger partial charge in [0.15, 0.2) is 11.9 Å². The third-order valence-electron chi connectivity index (χ3n) is 5.28. The molecule has 0 aliphatic carbocycles. The Morgan fingerprint density at radius 1 is 0.833 bits per heavy atom. The first kappa shape index (κ1) is 20.0. The average molecular weight is 401 g/mol. The maximum atomic E-state index is 6.29. The van der Waals surface area contributed by atoms with Gasteiger partial charge in [-0.25, -0.2) is 4.98 Å². The third-order valence-corrected chi connectivity index (χ3v) is 5.28. The molecule has 0 aliphatic heterocycles. The summed E-state index contributed by atoms with van der Waals surface area (Å²) in [4.78, 5) is 4.91. The highest BCUT2D eigenvalue weighted by atomic mass is 16.5. The van der Waals surface area contributed by atoms with Gasteiger partial charge in [-0.05, 0) is 54.8 Å². The van der Waals surface area contributed by atoms with Crippen LogP contribution in [-0.2, 0) is 13.0 Å². The van der Waals surface area contributed by atoms with Crippen LogP contribution in [0.4, 0.5) is 0 Å². The number of imidazole rings is 1. The Morgan fingerprint density at radius 2 is 1.57 bits per heavy atom. The summed E-state index contributed by atoms with van der Waals surface area (Å²) in [5.74, 6) is 2.69. The lowest BCUT2D eigenvalue weighted by molar-refractivity contribution is 0.184. The summed E-state index contributed by atoms with van der Waals surface area (Å²) in [6.45, 7) is 5.56. The summed E-state index contributed by atoms with van der Waals surface area (Å²) in [5.41, 5.74) is 3.40. The largest absolute Gasteiger partial charge is 0.492 e. The zero-order valence-electron chi connectivity index (χ0n) is 17.6. The van der Waals surface area contributed by atoms with Gasteiger partial charge in [-0.15, -0.1) is 0 Å². The average Bonchev–Trinajstić information content (AvgIpc) is 3.17. The lowest BCUT2D eigenvalue weighted by Crippen LogP contribution is -2.17. The zero-order chi connectivity index (χ0) is 20.8. The number of benzene rings is 3. The molecule has 0 saturated heterocycles. The second kappa shape index (κ2) is 9.49. The summed E-state index contributed by atoms with van der Waals surface area (Å²) < 4.78 is 14.5. The van der Waals surface area contributed by atoms with Crippen molar-refractivity contribution >= 4 is 11.0 Å². The van der Waals surface area contributed by atoms with Gasteiger partial charge >= 0.3 is 0 Å². The molecule has 0 fully saturated rings. The molecule has 0 spiro atoms. The third kappa shape index (κ3) is 4.48. The molecule has 4 aromatic rings. The van der Waals surface area contributed by atoms with Gasteiger partial charge in [0.2, 0.25) is 0 Å². The molecule has 30 heavy (non-hydrogen) atoms. The van der Waals surface area contributed by atoms with Crippen LogP contribution in [0.1, 0.15) is 37.8 Å². The number of para-hydroxylation sites is 3. The molecule has 4 nitrogen and oxygen atoms in total. The summed E-state index contributed by atoms with van der Waals surface area (Å²) in [7, 11) is 0. The number of rotatable bonds is 9. The fourth-order valence-corrected chi connectivity index (χ4v) is 3.63. The smallest absolute Gasteiger partial charge is 0.156 e. The molecule has 0 amide bonds. The van der Waals surface area contributed by atoms with E-state index in [-0.39, 0.29) is 6.10 Å². The van der Waals surface area contributed by atoms with Crippen LogP contribution in [-0.4, -0.2) is 16.2 Å². The van der Waals surface area contributed by atoms with Gasteiger partial charge in [0.05, 0.1) is 17.6 Å². The lowest BCUT2D eigenvalue weighted by Gasteiger charge is -2.19. The van der Waals surface area contributed by atoms with Crippen LogP contribution in [0.15, 0.2) is 78.9 Å². The van der Waals surface area contributed by atoms with Crippen molar-refractivity contribution in [3.05, 3.63) is 90.3 Å². The van der Waals surface area contributed by atoms with Gasteiger partial charge in [-0.1, -0.05) is 56.3 Å². The normalized spacial score (nSPS) is 12.1. The standard InChI is InChI=1S/C26H28N2O2/c1-3-20-14-16-21(17-15-20)29-19-18-28-24-13-9-8-12-23(24)27-26(28)25(4-2)30-22-10-6-5-7-11-22/h5-17,25H,3-4,18-19H2,1-2H3. The van der Waals surface area contributed by atoms with Crippen LogP contribution in [0.5, 0.6) is 11.5 Å². The Balaban J connectivity index is 1.56. The van der Waals surface area contributed by atoms with Crippen molar-refractivity contribution in [3.63, 3.8) is 0 Å². The number of aromatic nitrogens is 2. The second-order valence-corrected chi connectivity index (χ2v) is 7.28. The number of hydrogen-bond donors (Lipinski definition) is 0. The zero-order valence-corrected chi connectivity index (χ0v) is 17.6. The van der Waals surface area contributed by atoms with Gasteiger partial charge in [0.25, 0.3) is 0 Å². The van der Waals surface area contributed by atoms with Crippen molar-refractivity contribution in [1.82, 2.24) is 9.55 Å². The maximum absolute atomic E-state index is 6.29. The van der Waals surface area contributed by atoms with Crippen LogP contribution < -0.4 is 9.47 Å². The highest BCUT2D eigenvalue weighted by Gasteiger charge is 2.20. The van der Waals surface area contributed by atoms with Gasteiger partial charge in [-0.2, -0.15) is 0 Å². The van der Waals surface area contributed by atoms with Crippen molar-refractivity contribution in [3.8, 4) is 11.5 Å². The molecule has 4 heteroatoms. The van der Waals surface area contributed by atoms with Crippen LogP contribution in [0.25, 0.3) is 11.0 Å². The van der Waals surface area contributed by atoms with Crippen LogP contribution in [0, 0.1) is 0 Å². The van der Waals surface area contributed by atoms with Crippen molar-refractivity contribution in [2.75, 3.05) is 6.61 Å². The van der Waals surface area contributed by atoms with E-state index in [0.29, 0.717) is 13.2 Å². The molecule has 0 radical (unpaired) electrons. The Kier molecular flexibility index (Phi) is 6.33. The second-order valence-electron chi connectivity index (χ2n) is 7.28. The van der Waals surface area contributed by atoms with Crippen molar-refractivity contribution in [1.29, 1.82) is 0 Å². The molecule has 3 aromatic carbocycles. The predicted octanol–water partition coefficient (Wildman–Crippen LogP) is 6.21. The minimum absolute atomic E-state index is 0.122. The molecule has 1 aromatic heterocycles. The van der Waals surface area contributed by atoms with Crippen LogP contribution in [0.2, 0.25) is 0 Å².